The molecule has 10 heteroatoms. The van der Waals surface area contributed by atoms with Gasteiger partial charge in [-0.3, -0.25) is 27.1 Å². The van der Waals surface area contributed by atoms with Crippen LogP contribution in [0.25, 0.3) is 0 Å². The Balaban J connectivity index is 4.44. The molecular weight excluding hydrogens is 346 g/mol. The standard InChI is InChI=1S/C13H18O8P2/c1-5-9-17-22(14,16-8-4)20-12-13-21-23(15,18-10-6-2)19-11-7-3/h1-3H,8-13H2,4H3. The SMILES string of the molecule is C#CCOP(=O)(OCC)OCCOP(=O)(OCC#C)OCC#C. The van der Waals surface area contributed by atoms with Crippen molar-refractivity contribution in [2.24, 2.45) is 0 Å². The Bertz CT molecular complexity index is 532. The number of phosphoric ester groups is 2. The monoisotopic (exact) mass is 364 g/mol. The van der Waals surface area contributed by atoms with Crippen LogP contribution in [0.5, 0.6) is 0 Å². The van der Waals surface area contributed by atoms with E-state index in [1.165, 1.54) is 0 Å². The molecule has 0 saturated heterocycles. The summed E-state index contributed by atoms with van der Waals surface area (Å²) in [6, 6.07) is 0. The summed E-state index contributed by atoms with van der Waals surface area (Å²) in [6.07, 6.45) is 15.0. The van der Waals surface area contributed by atoms with Gasteiger partial charge in [-0.1, -0.05) is 17.8 Å². The molecule has 0 aromatic heterocycles. The molecule has 1 unspecified atom stereocenters. The average molecular weight is 364 g/mol. The molecule has 23 heavy (non-hydrogen) atoms. The predicted octanol–water partition coefficient (Wildman–Crippen LogP) is 2.22. The first-order chi connectivity index (χ1) is 10.9. The minimum Gasteiger partial charge on any atom is -0.287 e. The number of phosphoric acid groups is 2. The van der Waals surface area contributed by atoms with Crippen LogP contribution in [0.2, 0.25) is 0 Å². The zero-order valence-corrected chi connectivity index (χ0v) is 14.4. The molecule has 1 atom stereocenters. The lowest BCUT2D eigenvalue weighted by atomic mass is 10.8. The molecular formula is C13H18O8P2. The Hall–Kier alpha value is -1.10. The summed E-state index contributed by atoms with van der Waals surface area (Å²) in [5.74, 6) is 6.36. The molecule has 0 radical (unpaired) electrons. The molecule has 0 fully saturated rings. The van der Waals surface area contributed by atoms with E-state index in [1.807, 2.05) is 0 Å². The minimum absolute atomic E-state index is 0.0811. The Kier molecular flexibility index (Phi) is 11.7. The molecule has 0 aliphatic carbocycles. The maximum atomic E-state index is 12.1. The second kappa shape index (κ2) is 12.3. The van der Waals surface area contributed by atoms with Crippen LogP contribution in [-0.4, -0.2) is 39.6 Å². The minimum atomic E-state index is -3.94. The molecule has 0 spiro atoms. The van der Waals surface area contributed by atoms with Crippen molar-refractivity contribution in [3.05, 3.63) is 0 Å². The van der Waals surface area contributed by atoms with Gasteiger partial charge in [-0.25, -0.2) is 9.13 Å². The average Bonchev–Trinajstić information content (AvgIpc) is 2.54. The lowest BCUT2D eigenvalue weighted by molar-refractivity contribution is 0.0875. The van der Waals surface area contributed by atoms with Gasteiger partial charge in [-0.2, -0.15) is 0 Å². The topological polar surface area (TPSA) is 89.5 Å². The van der Waals surface area contributed by atoms with E-state index in [4.69, 9.17) is 46.4 Å². The van der Waals surface area contributed by atoms with Gasteiger partial charge in [-0.05, 0) is 6.92 Å². The number of terminal acetylenes is 3. The zero-order valence-electron chi connectivity index (χ0n) is 12.6. The van der Waals surface area contributed by atoms with Gasteiger partial charge < -0.3 is 0 Å². The summed E-state index contributed by atoms with van der Waals surface area (Å²) in [7, 11) is -7.76. The van der Waals surface area contributed by atoms with E-state index >= 15 is 0 Å². The number of rotatable bonds is 13. The van der Waals surface area contributed by atoms with Crippen LogP contribution in [0.4, 0.5) is 0 Å². The molecule has 0 aliphatic rings. The van der Waals surface area contributed by atoms with E-state index in [9.17, 15) is 9.13 Å². The second-order valence-corrected chi connectivity index (χ2v) is 6.75. The first kappa shape index (κ1) is 21.9. The van der Waals surface area contributed by atoms with Crippen molar-refractivity contribution in [1.29, 1.82) is 0 Å². The highest BCUT2D eigenvalue weighted by Gasteiger charge is 2.29. The molecule has 128 valence electrons. The molecule has 0 heterocycles. The fourth-order valence-corrected chi connectivity index (χ4v) is 3.09. The Labute approximate surface area is 136 Å². The smallest absolute Gasteiger partial charge is 0.287 e. The third-order valence-corrected chi connectivity index (χ3v) is 4.70. The first-order valence-electron chi connectivity index (χ1n) is 6.33. The largest absolute Gasteiger partial charge is 0.476 e. The number of hydrogen-bond donors (Lipinski definition) is 0. The van der Waals surface area contributed by atoms with Crippen LogP contribution in [-0.2, 0) is 36.3 Å². The van der Waals surface area contributed by atoms with E-state index in [2.05, 4.69) is 17.8 Å². The van der Waals surface area contributed by atoms with E-state index in [1.54, 1.807) is 6.92 Å². The molecule has 0 saturated carbocycles. The second-order valence-electron chi connectivity index (χ2n) is 3.41. The van der Waals surface area contributed by atoms with Crippen LogP contribution in [0, 0.1) is 37.0 Å². The Morgan fingerprint density at radius 1 is 0.696 bits per heavy atom. The van der Waals surface area contributed by atoms with Crippen LogP contribution in [0.1, 0.15) is 6.92 Å². The highest BCUT2D eigenvalue weighted by atomic mass is 31.2. The van der Waals surface area contributed by atoms with Crippen molar-refractivity contribution < 1.29 is 36.3 Å². The quantitative estimate of drug-likeness (QED) is 0.279. The van der Waals surface area contributed by atoms with Crippen molar-refractivity contribution in [2.75, 3.05) is 39.6 Å². The van der Waals surface area contributed by atoms with Gasteiger partial charge in [0.1, 0.15) is 19.8 Å². The highest BCUT2D eigenvalue weighted by Crippen LogP contribution is 2.51. The summed E-state index contributed by atoms with van der Waals surface area (Å²) >= 11 is 0. The van der Waals surface area contributed by atoms with E-state index < -0.39 is 15.6 Å². The Morgan fingerprint density at radius 3 is 1.35 bits per heavy atom. The van der Waals surface area contributed by atoms with Gasteiger partial charge in [0.05, 0.1) is 19.8 Å². The summed E-state index contributed by atoms with van der Waals surface area (Å²) in [5, 5.41) is 0. The predicted molar refractivity (Wildman–Crippen MR) is 83.1 cm³/mol. The van der Waals surface area contributed by atoms with Crippen molar-refractivity contribution in [1.82, 2.24) is 0 Å². The van der Waals surface area contributed by atoms with E-state index in [0.717, 1.165) is 0 Å². The Morgan fingerprint density at radius 2 is 1.04 bits per heavy atom. The van der Waals surface area contributed by atoms with Crippen molar-refractivity contribution in [2.45, 2.75) is 6.92 Å². The van der Waals surface area contributed by atoms with Crippen LogP contribution in [0.3, 0.4) is 0 Å². The normalized spacial score (nSPS) is 13.5. The highest BCUT2D eigenvalue weighted by molar-refractivity contribution is 7.48. The molecule has 0 rings (SSSR count). The molecule has 0 N–H and O–H groups in total. The molecule has 0 amide bonds. The van der Waals surface area contributed by atoms with Crippen LogP contribution >= 0.6 is 15.6 Å². The van der Waals surface area contributed by atoms with Gasteiger partial charge in [0.15, 0.2) is 0 Å². The summed E-state index contributed by atoms with van der Waals surface area (Å²) < 4.78 is 53.3. The van der Waals surface area contributed by atoms with Crippen LogP contribution in [0.15, 0.2) is 0 Å². The lowest BCUT2D eigenvalue weighted by Crippen LogP contribution is -2.08. The summed E-state index contributed by atoms with van der Waals surface area (Å²) in [4.78, 5) is 0. The van der Waals surface area contributed by atoms with Gasteiger partial charge in [0.25, 0.3) is 0 Å². The number of hydrogen-bond acceptors (Lipinski definition) is 8. The van der Waals surface area contributed by atoms with E-state index in [0.29, 0.717) is 0 Å². The third-order valence-electron chi connectivity index (χ3n) is 1.79. The summed E-state index contributed by atoms with van der Waals surface area (Å²) in [6.45, 7) is 0.233. The van der Waals surface area contributed by atoms with Crippen molar-refractivity contribution in [3.63, 3.8) is 0 Å². The fraction of sp³-hybridized carbons (Fsp3) is 0.538. The van der Waals surface area contributed by atoms with Gasteiger partial charge in [0, 0.05) is 0 Å². The summed E-state index contributed by atoms with van der Waals surface area (Å²) in [5.41, 5.74) is 0. The fourth-order valence-electron chi connectivity index (χ4n) is 1.03. The van der Waals surface area contributed by atoms with Gasteiger partial charge in [-0.15, -0.1) is 19.3 Å². The van der Waals surface area contributed by atoms with Crippen molar-refractivity contribution in [3.8, 4) is 37.0 Å². The third kappa shape index (κ3) is 10.3. The molecule has 8 nitrogen and oxygen atoms in total. The van der Waals surface area contributed by atoms with Gasteiger partial charge in [0.2, 0.25) is 0 Å². The first-order valence-corrected chi connectivity index (χ1v) is 9.25. The maximum Gasteiger partial charge on any atom is 0.476 e. The van der Waals surface area contributed by atoms with E-state index in [-0.39, 0.29) is 39.6 Å². The zero-order chi connectivity index (χ0) is 17.6. The lowest BCUT2D eigenvalue weighted by Gasteiger charge is -2.18. The van der Waals surface area contributed by atoms with Crippen LogP contribution < -0.4 is 0 Å². The molecule has 0 bridgehead atoms. The maximum absolute atomic E-state index is 12.1. The molecule has 0 aromatic carbocycles. The molecule has 0 aromatic rings. The van der Waals surface area contributed by atoms with Crippen molar-refractivity contribution >= 4 is 15.6 Å². The molecule has 0 aliphatic heterocycles. The van der Waals surface area contributed by atoms with Gasteiger partial charge >= 0.3 is 15.6 Å².